The van der Waals surface area contributed by atoms with Crippen molar-refractivity contribution in [2.24, 2.45) is 21.8 Å². The zero-order valence-corrected chi connectivity index (χ0v) is 10.4. The molecule has 0 amide bonds. The molecule has 0 radical (unpaired) electrons. The van der Waals surface area contributed by atoms with Gasteiger partial charge in [0.15, 0.2) is 0 Å². The highest BCUT2D eigenvalue weighted by Crippen LogP contribution is 2.64. The van der Waals surface area contributed by atoms with E-state index in [9.17, 15) is 0 Å². The largest absolute Gasteiger partial charge is 0.277 e. The molecule has 0 unspecified atom stereocenters. The number of tetrazole rings is 1. The number of nitrogens with one attached hydrogen (secondary N) is 1. The summed E-state index contributed by atoms with van der Waals surface area (Å²) in [5, 5.41) is 17.8. The minimum absolute atomic E-state index is 0.185. The maximum absolute atomic E-state index is 4.37. The number of aromatic nitrogens is 4. The Morgan fingerprint density at radius 1 is 1.41 bits per heavy atom. The topological polar surface area (TPSA) is 80.9 Å². The Morgan fingerprint density at radius 3 is 2.76 bits per heavy atom. The first kappa shape index (κ1) is 10.7. The highest BCUT2D eigenvalue weighted by atomic mass is 15.5. The normalized spacial score (nSPS) is 36.6. The molecule has 2 aliphatic carbocycles. The second kappa shape index (κ2) is 3.27. The lowest BCUT2D eigenvalue weighted by Gasteiger charge is -2.34. The average Bonchev–Trinajstić information content (AvgIpc) is 2.91. The summed E-state index contributed by atoms with van der Waals surface area (Å²) in [7, 11) is 0. The maximum Gasteiger partial charge on any atom is 0.0830 e. The van der Waals surface area contributed by atoms with Crippen LogP contribution in [0.2, 0.25) is 0 Å². The van der Waals surface area contributed by atoms with Gasteiger partial charge in [-0.2, -0.15) is 0 Å². The summed E-state index contributed by atoms with van der Waals surface area (Å²) >= 11 is 0. The molecule has 1 aromatic heterocycles. The van der Waals surface area contributed by atoms with Crippen LogP contribution < -0.4 is 0 Å². The third kappa shape index (κ3) is 1.33. The van der Waals surface area contributed by atoms with Crippen LogP contribution in [0.25, 0.3) is 5.43 Å². The molecule has 2 fully saturated rings. The Bertz CT molecular complexity index is 449. The second-order valence-electron chi connectivity index (χ2n) is 5.85. The van der Waals surface area contributed by atoms with Crippen molar-refractivity contribution in [3.63, 3.8) is 0 Å². The van der Waals surface area contributed by atoms with Gasteiger partial charge in [-0.15, -0.1) is 5.21 Å². The van der Waals surface area contributed by atoms with Gasteiger partial charge in [0.1, 0.15) is 0 Å². The zero-order chi connectivity index (χ0) is 12.1. The van der Waals surface area contributed by atoms with Crippen LogP contribution in [0.1, 0.15) is 40.0 Å². The third-order valence-corrected chi connectivity index (χ3v) is 5.11. The first-order valence-electron chi connectivity index (χ1n) is 6.05. The molecular formula is C11H17N6-. The van der Waals surface area contributed by atoms with Crippen molar-refractivity contribution >= 4 is 11.7 Å². The monoisotopic (exact) mass is 233 g/mol. The molecule has 0 aliphatic heterocycles. The predicted molar refractivity (Wildman–Crippen MR) is 63.9 cm³/mol. The number of aromatic amines is 1. The Labute approximate surface area is 100 Å². The van der Waals surface area contributed by atoms with E-state index < -0.39 is 0 Å². The molecule has 92 valence electrons. The molecule has 2 aliphatic rings. The highest BCUT2D eigenvalue weighted by molar-refractivity contribution is 5.95. The molecule has 1 aromatic rings. The van der Waals surface area contributed by atoms with Crippen LogP contribution >= 0.6 is 0 Å². The number of H-pyrrole nitrogens is 1. The van der Waals surface area contributed by atoms with E-state index in [1.165, 1.54) is 18.6 Å². The van der Waals surface area contributed by atoms with Crippen LogP contribution in [0.4, 0.5) is 5.95 Å². The summed E-state index contributed by atoms with van der Waals surface area (Å²) in [4.78, 5) is 0. The van der Waals surface area contributed by atoms with Crippen LogP contribution in [-0.2, 0) is 0 Å². The molecule has 0 saturated heterocycles. The van der Waals surface area contributed by atoms with Crippen LogP contribution in [0.5, 0.6) is 0 Å². The van der Waals surface area contributed by atoms with Crippen molar-refractivity contribution in [2.45, 2.75) is 40.0 Å². The quantitative estimate of drug-likeness (QED) is 0.796. The van der Waals surface area contributed by atoms with Crippen molar-refractivity contribution in [1.82, 2.24) is 20.6 Å². The van der Waals surface area contributed by atoms with E-state index in [0.717, 1.165) is 12.3 Å². The van der Waals surface area contributed by atoms with Gasteiger partial charge in [-0.05, 0) is 30.6 Å². The first-order chi connectivity index (χ1) is 8.04. The van der Waals surface area contributed by atoms with E-state index in [-0.39, 0.29) is 5.41 Å². The Kier molecular flexibility index (Phi) is 2.06. The molecule has 1 heterocycles. The maximum atomic E-state index is 4.37. The molecule has 17 heavy (non-hydrogen) atoms. The van der Waals surface area contributed by atoms with Crippen LogP contribution in [-0.4, -0.2) is 26.3 Å². The molecule has 3 rings (SSSR count). The predicted octanol–water partition coefficient (Wildman–Crippen LogP) is 2.41. The zero-order valence-electron chi connectivity index (χ0n) is 10.4. The van der Waals surface area contributed by atoms with Crippen molar-refractivity contribution < 1.29 is 0 Å². The minimum atomic E-state index is 0.185. The SMILES string of the molecule is CC1(C)[C@H]2CC[C@@]1(C)/C(=N/[N-]c1nn[nH]n1)C2. The number of nitrogens with zero attached hydrogens (tertiary/aromatic N) is 5. The lowest BCUT2D eigenvalue weighted by Crippen LogP contribution is -2.32. The molecule has 2 saturated carbocycles. The molecule has 6 nitrogen and oxygen atoms in total. The van der Waals surface area contributed by atoms with Gasteiger partial charge in [-0.1, -0.05) is 20.8 Å². The molecule has 0 spiro atoms. The minimum Gasteiger partial charge on any atom is -0.277 e. The highest BCUT2D eigenvalue weighted by Gasteiger charge is 2.59. The Morgan fingerprint density at radius 2 is 2.24 bits per heavy atom. The van der Waals surface area contributed by atoms with E-state index in [1.807, 2.05) is 0 Å². The van der Waals surface area contributed by atoms with Crippen molar-refractivity contribution in [1.29, 1.82) is 0 Å². The van der Waals surface area contributed by atoms with E-state index >= 15 is 0 Å². The van der Waals surface area contributed by atoms with E-state index in [2.05, 4.69) is 51.9 Å². The van der Waals surface area contributed by atoms with Gasteiger partial charge in [0.2, 0.25) is 0 Å². The smallest absolute Gasteiger partial charge is 0.0830 e. The lowest BCUT2D eigenvalue weighted by molar-refractivity contribution is 0.194. The van der Waals surface area contributed by atoms with Crippen molar-refractivity contribution in [3.05, 3.63) is 5.43 Å². The van der Waals surface area contributed by atoms with Crippen LogP contribution in [0.15, 0.2) is 5.10 Å². The van der Waals surface area contributed by atoms with Gasteiger partial charge >= 0.3 is 0 Å². The summed E-state index contributed by atoms with van der Waals surface area (Å²) in [6, 6.07) is 0. The summed E-state index contributed by atoms with van der Waals surface area (Å²) < 4.78 is 0. The van der Waals surface area contributed by atoms with Gasteiger partial charge in [0, 0.05) is 11.1 Å². The molecule has 0 aromatic carbocycles. The summed E-state index contributed by atoms with van der Waals surface area (Å²) in [6.45, 7) is 7.01. The fourth-order valence-corrected chi connectivity index (χ4v) is 3.38. The first-order valence-corrected chi connectivity index (χ1v) is 6.05. The average molecular weight is 233 g/mol. The summed E-state index contributed by atoms with van der Waals surface area (Å²) in [5.74, 6) is 1.05. The van der Waals surface area contributed by atoms with E-state index in [0.29, 0.717) is 11.4 Å². The van der Waals surface area contributed by atoms with Crippen LogP contribution in [0.3, 0.4) is 0 Å². The third-order valence-electron chi connectivity index (χ3n) is 5.11. The van der Waals surface area contributed by atoms with Gasteiger partial charge < -0.3 is 0 Å². The second-order valence-corrected chi connectivity index (χ2v) is 5.85. The fourth-order valence-electron chi connectivity index (χ4n) is 3.38. The Hall–Kier alpha value is -1.46. The van der Waals surface area contributed by atoms with E-state index in [1.54, 1.807) is 0 Å². The summed E-state index contributed by atoms with van der Waals surface area (Å²) in [5.41, 5.74) is 5.76. The summed E-state index contributed by atoms with van der Waals surface area (Å²) in [6.07, 6.45) is 3.58. The molecular weight excluding hydrogens is 216 g/mol. The van der Waals surface area contributed by atoms with Gasteiger partial charge in [-0.3, -0.25) is 20.8 Å². The standard InChI is InChI=1S/C11H17N6/c1-10(2)7-4-5-11(10,3)8(6-7)12-13-9-14-16-17-15-9/h7H,4-6H2,1-3H3,(H-,13,14,15,16,17)/q-1/b12-8+/t7-,11-/m0/s1. The van der Waals surface area contributed by atoms with Crippen molar-refractivity contribution in [2.75, 3.05) is 0 Å². The fraction of sp³-hybridized carbons (Fsp3) is 0.818. The number of hydrogen-bond acceptors (Lipinski definition) is 4. The van der Waals surface area contributed by atoms with E-state index in [4.69, 9.17) is 0 Å². The van der Waals surface area contributed by atoms with Gasteiger partial charge in [0.25, 0.3) is 0 Å². The van der Waals surface area contributed by atoms with Gasteiger partial charge in [-0.25, -0.2) is 5.10 Å². The molecule has 2 atom stereocenters. The molecule has 2 bridgehead atoms. The number of hydrogen-bond donors (Lipinski definition) is 1. The number of fused-ring (bicyclic) bond motifs is 2. The van der Waals surface area contributed by atoms with Crippen molar-refractivity contribution in [3.8, 4) is 0 Å². The van der Waals surface area contributed by atoms with Gasteiger partial charge in [0.05, 0.1) is 5.95 Å². The number of rotatable bonds is 2. The lowest BCUT2D eigenvalue weighted by atomic mass is 9.70. The molecule has 6 heteroatoms. The Balaban J connectivity index is 1.84. The van der Waals surface area contributed by atoms with Crippen LogP contribution in [0, 0.1) is 16.7 Å². The molecule has 1 N–H and O–H groups in total.